The fourth-order valence-corrected chi connectivity index (χ4v) is 4.87. The highest BCUT2D eigenvalue weighted by atomic mass is 16.4. The van der Waals surface area contributed by atoms with Crippen LogP contribution in [0, 0.1) is 11.8 Å². The molecular weight excluding hydrogens is 744 g/mol. The first kappa shape index (κ1) is 47.9. The van der Waals surface area contributed by atoms with Gasteiger partial charge in [-0.15, -0.1) is 0 Å². The number of nitrogens with one attached hydrogen (secondary N) is 7. The predicted molar refractivity (Wildman–Crippen MR) is 192 cm³/mol. The Labute approximate surface area is 321 Å². The quantitative estimate of drug-likeness (QED) is 0.0428. The molecule has 23 heteroatoms. The van der Waals surface area contributed by atoms with Crippen molar-refractivity contribution < 1.29 is 63.3 Å². The number of carboxylic acids is 3. The van der Waals surface area contributed by atoms with Gasteiger partial charge in [0.05, 0.1) is 18.9 Å². The number of aromatic amines is 1. The van der Waals surface area contributed by atoms with Gasteiger partial charge in [-0.05, 0) is 31.1 Å². The Morgan fingerprint density at radius 2 is 1.18 bits per heavy atom. The van der Waals surface area contributed by atoms with Gasteiger partial charge in [0.2, 0.25) is 41.4 Å². The van der Waals surface area contributed by atoms with Crippen LogP contribution < -0.4 is 43.4 Å². The zero-order chi connectivity index (χ0) is 42.7. The van der Waals surface area contributed by atoms with Crippen LogP contribution in [0.1, 0.15) is 71.9 Å². The summed E-state index contributed by atoms with van der Waals surface area (Å²) in [5.41, 5.74) is 11.3. The molecule has 1 aromatic heterocycles. The third kappa shape index (κ3) is 17.8. The van der Waals surface area contributed by atoms with Gasteiger partial charge in [-0.3, -0.25) is 43.2 Å². The maximum Gasteiger partial charge on any atom is 0.326 e. The maximum absolute atomic E-state index is 13.6. The molecule has 56 heavy (non-hydrogen) atoms. The largest absolute Gasteiger partial charge is 0.481 e. The molecule has 0 aliphatic rings. The van der Waals surface area contributed by atoms with Crippen molar-refractivity contribution in [1.82, 2.24) is 41.9 Å². The molecule has 0 aromatic carbocycles. The van der Waals surface area contributed by atoms with Gasteiger partial charge in [-0.1, -0.05) is 27.7 Å². The van der Waals surface area contributed by atoms with Crippen molar-refractivity contribution in [2.45, 2.75) is 109 Å². The number of imidazole rings is 1. The summed E-state index contributed by atoms with van der Waals surface area (Å²) in [4.78, 5) is 131. The highest BCUT2D eigenvalue weighted by Gasteiger charge is 2.34. The van der Waals surface area contributed by atoms with Crippen molar-refractivity contribution >= 4 is 59.3 Å². The number of hydrogen-bond donors (Lipinski definition) is 12. The number of carbonyl (C=O) groups excluding carboxylic acids is 7. The van der Waals surface area contributed by atoms with Crippen LogP contribution in [0.4, 0.5) is 0 Å². The minimum atomic E-state index is -1.67. The van der Waals surface area contributed by atoms with Crippen molar-refractivity contribution in [1.29, 1.82) is 0 Å². The van der Waals surface area contributed by atoms with Crippen molar-refractivity contribution in [2.24, 2.45) is 23.3 Å². The summed E-state index contributed by atoms with van der Waals surface area (Å²) in [6.07, 6.45) is -0.663. The van der Waals surface area contributed by atoms with E-state index in [1.807, 2.05) is 0 Å². The van der Waals surface area contributed by atoms with Gasteiger partial charge in [-0.25, -0.2) is 9.78 Å². The average molecular weight is 797 g/mol. The number of carboxylic acid groups (broad SMARTS) is 3. The summed E-state index contributed by atoms with van der Waals surface area (Å²) in [7, 11) is 0. The molecule has 0 bridgehead atoms. The normalized spacial score (nSPS) is 14.2. The smallest absolute Gasteiger partial charge is 0.326 e. The molecule has 23 nitrogen and oxygen atoms in total. The second kappa shape index (κ2) is 23.6. The van der Waals surface area contributed by atoms with Gasteiger partial charge in [0.25, 0.3) is 0 Å². The van der Waals surface area contributed by atoms with Gasteiger partial charge in [0.1, 0.15) is 30.2 Å². The number of nitrogens with two attached hydrogens (primary N) is 2. The van der Waals surface area contributed by atoms with Gasteiger partial charge < -0.3 is 63.7 Å². The fourth-order valence-electron chi connectivity index (χ4n) is 4.87. The van der Waals surface area contributed by atoms with Gasteiger partial charge in [0.15, 0.2) is 0 Å². The molecule has 1 heterocycles. The minimum Gasteiger partial charge on any atom is -0.481 e. The molecule has 14 N–H and O–H groups in total. The Hall–Kier alpha value is -6.13. The van der Waals surface area contributed by atoms with E-state index in [4.69, 9.17) is 11.5 Å². The SMILES string of the molecule is CC(C)C(N)C(=O)NC(C(=O)NC(CCC(=O)O)C(=O)NC(CCC(=O)O)C(=O)NC(Cc1cnc[nH]1)C(=O)NCC(=O)NC(CCC(N)=O)C(=O)O)C(C)C. The van der Waals surface area contributed by atoms with E-state index in [1.165, 1.54) is 12.5 Å². The summed E-state index contributed by atoms with van der Waals surface area (Å²) in [6, 6.07) is -8.46. The third-order valence-corrected chi connectivity index (χ3v) is 8.18. The van der Waals surface area contributed by atoms with Crippen molar-refractivity contribution in [3.63, 3.8) is 0 Å². The highest BCUT2D eigenvalue weighted by molar-refractivity contribution is 5.97. The summed E-state index contributed by atoms with van der Waals surface area (Å²) < 4.78 is 0. The zero-order valence-corrected chi connectivity index (χ0v) is 31.5. The minimum absolute atomic E-state index is 0.269. The van der Waals surface area contributed by atoms with Gasteiger partial charge in [-0.2, -0.15) is 0 Å². The van der Waals surface area contributed by atoms with E-state index in [1.54, 1.807) is 27.7 Å². The highest BCUT2D eigenvalue weighted by Crippen LogP contribution is 2.09. The summed E-state index contributed by atoms with van der Waals surface area (Å²) >= 11 is 0. The maximum atomic E-state index is 13.6. The van der Waals surface area contributed by atoms with Crippen molar-refractivity contribution in [2.75, 3.05) is 6.54 Å². The van der Waals surface area contributed by atoms with E-state index in [-0.39, 0.29) is 25.2 Å². The van der Waals surface area contributed by atoms with E-state index >= 15 is 0 Å². The number of amides is 7. The van der Waals surface area contributed by atoms with Crippen molar-refractivity contribution in [3.8, 4) is 0 Å². The molecule has 1 rings (SSSR count). The molecule has 0 spiro atoms. The Balaban J connectivity index is 3.28. The Morgan fingerprint density at radius 1 is 0.661 bits per heavy atom. The van der Waals surface area contributed by atoms with Crippen LogP contribution in [0.25, 0.3) is 0 Å². The lowest BCUT2D eigenvalue weighted by molar-refractivity contribution is -0.142. The topological polar surface area (TPSA) is 384 Å². The van der Waals surface area contributed by atoms with Crippen molar-refractivity contribution in [3.05, 3.63) is 18.2 Å². The lowest BCUT2D eigenvalue weighted by atomic mass is 9.99. The fraction of sp³-hybridized carbons (Fsp3) is 0.606. The van der Waals surface area contributed by atoms with E-state index in [0.717, 1.165) is 0 Å². The molecule has 312 valence electrons. The molecule has 0 saturated carbocycles. The van der Waals surface area contributed by atoms with Crippen LogP contribution in [-0.4, -0.2) is 127 Å². The van der Waals surface area contributed by atoms with Gasteiger partial charge in [0, 0.05) is 37.6 Å². The second-order valence-electron chi connectivity index (χ2n) is 13.5. The summed E-state index contributed by atoms with van der Waals surface area (Å²) in [5, 5.41) is 42.0. The first-order valence-electron chi connectivity index (χ1n) is 17.6. The third-order valence-electron chi connectivity index (χ3n) is 8.18. The number of carbonyl (C=O) groups is 10. The Morgan fingerprint density at radius 3 is 1.62 bits per heavy atom. The molecule has 0 radical (unpaired) electrons. The summed E-state index contributed by atoms with van der Waals surface area (Å²) in [6.45, 7) is 5.81. The number of rotatable bonds is 26. The zero-order valence-electron chi connectivity index (χ0n) is 31.5. The van der Waals surface area contributed by atoms with E-state index in [9.17, 15) is 63.3 Å². The summed E-state index contributed by atoms with van der Waals surface area (Å²) in [5.74, 6) is -11.4. The lowest BCUT2D eigenvalue weighted by Gasteiger charge is -2.28. The number of hydrogen-bond acceptors (Lipinski definition) is 12. The van der Waals surface area contributed by atoms with Crippen LogP contribution in [0.5, 0.6) is 0 Å². The first-order valence-corrected chi connectivity index (χ1v) is 17.6. The molecule has 6 unspecified atom stereocenters. The molecule has 0 fully saturated rings. The molecule has 1 aromatic rings. The number of H-pyrrole nitrogens is 1. The number of aromatic nitrogens is 2. The lowest BCUT2D eigenvalue weighted by Crippen LogP contribution is -2.60. The van der Waals surface area contributed by atoms with E-state index < -0.39 is 134 Å². The molecule has 0 saturated heterocycles. The Bertz CT molecular complexity index is 1570. The van der Waals surface area contributed by atoms with Crippen LogP contribution in [-0.2, 0) is 54.4 Å². The average Bonchev–Trinajstić information content (AvgIpc) is 3.62. The van der Waals surface area contributed by atoms with Crippen LogP contribution in [0.2, 0.25) is 0 Å². The second-order valence-corrected chi connectivity index (χ2v) is 13.5. The van der Waals surface area contributed by atoms with Crippen LogP contribution in [0.3, 0.4) is 0 Å². The number of primary amides is 1. The Kier molecular flexibility index (Phi) is 20.2. The predicted octanol–water partition coefficient (Wildman–Crippen LogP) is -3.79. The van der Waals surface area contributed by atoms with Gasteiger partial charge >= 0.3 is 17.9 Å². The van der Waals surface area contributed by atoms with Crippen LogP contribution in [0.15, 0.2) is 12.5 Å². The van der Waals surface area contributed by atoms with E-state index in [2.05, 4.69) is 41.9 Å². The number of nitrogens with zero attached hydrogens (tertiary/aromatic N) is 1. The molecule has 7 amide bonds. The molecule has 0 aliphatic carbocycles. The monoisotopic (exact) mass is 796 g/mol. The molecular formula is C33H52N10O13. The standard InChI is InChI=1S/C33H52N10O13/c1-15(2)26(35)31(53)43-27(16(3)4)32(54)41-19(7-10-25(48)49)29(51)40-18(6-9-24(46)47)30(52)42-21(11-17-12-36-14-38-17)28(50)37-13-23(45)39-20(33(55)56)5-8-22(34)44/h12,14-16,18-21,26-27H,5-11,13,35H2,1-4H3,(H2,34,44)(H,36,38)(H,37,50)(H,39,45)(H,40,51)(H,41,54)(H,42,52)(H,43,53)(H,46,47)(H,48,49)(H,55,56). The molecule has 0 aliphatic heterocycles. The molecule has 6 atom stereocenters. The van der Waals surface area contributed by atoms with Crippen LogP contribution >= 0.6 is 0 Å². The first-order chi connectivity index (χ1) is 26.1. The number of aliphatic carboxylic acids is 3. The van der Waals surface area contributed by atoms with E-state index in [0.29, 0.717) is 5.69 Å².